The number of benzene rings is 3. The quantitative estimate of drug-likeness (QED) is 0.404. The Morgan fingerprint density at radius 3 is 2.00 bits per heavy atom. The number of hydrogen-bond donors (Lipinski definition) is 3. The van der Waals surface area contributed by atoms with E-state index in [0.29, 0.717) is 22.0 Å². The molecule has 1 amide bonds. The molecule has 3 rings (SSSR count). The molecular weight excluding hydrogens is 490 g/mol. The van der Waals surface area contributed by atoms with E-state index >= 15 is 0 Å². The third-order valence-electron chi connectivity index (χ3n) is 4.34. The number of hydrogen-bond acceptors (Lipinski definition) is 6. The second kappa shape index (κ2) is 10.2. The van der Waals surface area contributed by atoms with Gasteiger partial charge in [-0.15, -0.1) is 0 Å². The number of sulfonamides is 2. The molecule has 0 spiro atoms. The zero-order valence-electron chi connectivity index (χ0n) is 17.1. The fourth-order valence-electron chi connectivity index (χ4n) is 2.64. The molecule has 0 aliphatic heterocycles. The maximum atomic E-state index is 12.5. The predicted molar refractivity (Wildman–Crippen MR) is 124 cm³/mol. The predicted octanol–water partition coefficient (Wildman–Crippen LogP) is 2.48. The largest absolute Gasteiger partial charge is 0.484 e. The van der Waals surface area contributed by atoms with Gasteiger partial charge in [0.2, 0.25) is 10.0 Å². The van der Waals surface area contributed by atoms with Gasteiger partial charge in [0, 0.05) is 17.3 Å². The zero-order valence-corrected chi connectivity index (χ0v) is 19.5. The van der Waals surface area contributed by atoms with Crippen LogP contribution in [0.4, 0.5) is 5.69 Å². The summed E-state index contributed by atoms with van der Waals surface area (Å²) in [6, 6.07) is 17.6. The Morgan fingerprint density at radius 1 is 0.848 bits per heavy atom. The van der Waals surface area contributed by atoms with Crippen LogP contribution in [-0.4, -0.2) is 29.3 Å². The van der Waals surface area contributed by atoms with E-state index in [1.54, 1.807) is 24.3 Å². The van der Waals surface area contributed by atoms with Crippen molar-refractivity contribution in [3.05, 3.63) is 83.4 Å². The average Bonchev–Trinajstić information content (AvgIpc) is 2.77. The molecule has 174 valence electrons. The van der Waals surface area contributed by atoms with Crippen molar-refractivity contribution in [2.24, 2.45) is 5.14 Å². The van der Waals surface area contributed by atoms with Gasteiger partial charge in [0.1, 0.15) is 5.75 Å². The number of ether oxygens (including phenoxy) is 1. The highest BCUT2D eigenvalue weighted by molar-refractivity contribution is 7.92. The van der Waals surface area contributed by atoms with Crippen molar-refractivity contribution in [2.45, 2.75) is 16.3 Å². The van der Waals surface area contributed by atoms with Gasteiger partial charge in [0.25, 0.3) is 15.9 Å². The molecule has 33 heavy (non-hydrogen) atoms. The molecule has 0 bridgehead atoms. The van der Waals surface area contributed by atoms with Crippen molar-refractivity contribution >= 4 is 43.2 Å². The first-order valence-electron chi connectivity index (χ1n) is 9.43. The summed E-state index contributed by atoms with van der Waals surface area (Å²) in [5.74, 6) is -0.0975. The monoisotopic (exact) mass is 509 g/mol. The first-order valence-corrected chi connectivity index (χ1v) is 12.8. The first-order chi connectivity index (χ1) is 15.5. The molecule has 12 heteroatoms. The van der Waals surface area contributed by atoms with Gasteiger partial charge in [-0.2, -0.15) is 0 Å². The average molecular weight is 510 g/mol. The summed E-state index contributed by atoms with van der Waals surface area (Å²) < 4.78 is 55.3. The Morgan fingerprint density at radius 2 is 1.42 bits per heavy atom. The molecule has 0 unspecified atom stereocenters. The van der Waals surface area contributed by atoms with E-state index in [9.17, 15) is 21.6 Å². The smallest absolute Gasteiger partial charge is 0.261 e. The molecule has 0 radical (unpaired) electrons. The highest BCUT2D eigenvalue weighted by Crippen LogP contribution is 2.20. The minimum absolute atomic E-state index is 0.0188. The van der Waals surface area contributed by atoms with Crippen molar-refractivity contribution in [3.63, 3.8) is 0 Å². The summed E-state index contributed by atoms with van der Waals surface area (Å²) in [6.07, 6.45) is 0. The molecule has 0 aliphatic carbocycles. The highest BCUT2D eigenvalue weighted by atomic mass is 35.5. The molecule has 0 heterocycles. The molecule has 0 saturated carbocycles. The van der Waals surface area contributed by atoms with E-state index < -0.39 is 26.0 Å². The van der Waals surface area contributed by atoms with Crippen molar-refractivity contribution in [1.82, 2.24) is 5.32 Å². The van der Waals surface area contributed by atoms with E-state index in [2.05, 4.69) is 10.0 Å². The van der Waals surface area contributed by atoms with E-state index in [1.165, 1.54) is 48.5 Å². The maximum absolute atomic E-state index is 12.5. The zero-order chi connectivity index (χ0) is 24.1. The van der Waals surface area contributed by atoms with Crippen LogP contribution in [0.25, 0.3) is 0 Å². The molecule has 9 nitrogen and oxygen atoms in total. The van der Waals surface area contributed by atoms with Crippen molar-refractivity contribution in [2.75, 3.05) is 11.3 Å². The van der Waals surface area contributed by atoms with Crippen LogP contribution in [0, 0.1) is 0 Å². The van der Waals surface area contributed by atoms with Crippen molar-refractivity contribution in [1.29, 1.82) is 0 Å². The molecule has 0 aromatic heterocycles. The van der Waals surface area contributed by atoms with Crippen LogP contribution in [-0.2, 0) is 31.4 Å². The van der Waals surface area contributed by atoms with Gasteiger partial charge in [-0.3, -0.25) is 9.52 Å². The Hall–Kier alpha value is -3.12. The standard InChI is InChI=1S/C21H20ClN3O6S2/c22-16-3-5-17(6-4-16)25-33(29,30)20-11-7-18(8-12-20)31-14-21(26)24-13-15-1-9-19(10-2-15)32(23,27)28/h1-12,25H,13-14H2,(H,24,26)(H2,23,27,28). The minimum Gasteiger partial charge on any atom is -0.484 e. The molecular formula is C21H20ClN3O6S2. The molecule has 0 fully saturated rings. The van der Waals surface area contributed by atoms with E-state index in [0.717, 1.165) is 0 Å². The minimum atomic E-state index is -3.80. The van der Waals surface area contributed by atoms with Crippen LogP contribution in [0.1, 0.15) is 5.56 Å². The second-order valence-corrected chi connectivity index (χ2v) is 10.5. The summed E-state index contributed by atoms with van der Waals surface area (Å²) in [5, 5.41) is 8.16. The maximum Gasteiger partial charge on any atom is 0.261 e. The third-order valence-corrected chi connectivity index (χ3v) is 6.92. The number of halogens is 1. The summed E-state index contributed by atoms with van der Waals surface area (Å²) >= 11 is 5.80. The van der Waals surface area contributed by atoms with Gasteiger partial charge in [-0.25, -0.2) is 22.0 Å². The van der Waals surface area contributed by atoms with Crippen LogP contribution in [0.2, 0.25) is 5.02 Å². The number of nitrogens with two attached hydrogens (primary N) is 1. The number of amides is 1. The molecule has 3 aromatic rings. The summed E-state index contributed by atoms with van der Waals surface area (Å²) in [5.41, 5.74) is 1.05. The normalized spacial score (nSPS) is 11.6. The lowest BCUT2D eigenvalue weighted by molar-refractivity contribution is -0.123. The van der Waals surface area contributed by atoms with Crippen molar-refractivity contribution in [3.8, 4) is 5.75 Å². The molecule has 0 saturated heterocycles. The Bertz CT molecular complexity index is 1330. The summed E-state index contributed by atoms with van der Waals surface area (Å²) in [6.45, 7) is -0.120. The second-order valence-electron chi connectivity index (χ2n) is 6.84. The highest BCUT2D eigenvalue weighted by Gasteiger charge is 2.14. The SMILES string of the molecule is NS(=O)(=O)c1ccc(CNC(=O)COc2ccc(S(=O)(=O)Nc3ccc(Cl)cc3)cc2)cc1. The topological polar surface area (TPSA) is 145 Å². The molecule has 0 aliphatic rings. The fraction of sp³-hybridized carbons (Fsp3) is 0.0952. The van der Waals surface area contributed by atoms with Gasteiger partial charge >= 0.3 is 0 Å². The van der Waals surface area contributed by atoms with Gasteiger partial charge in [-0.05, 0) is 66.2 Å². The van der Waals surface area contributed by atoms with Crippen LogP contribution in [0.5, 0.6) is 5.75 Å². The van der Waals surface area contributed by atoms with Crippen LogP contribution < -0.4 is 19.9 Å². The first kappa shape index (κ1) is 24.5. The lowest BCUT2D eigenvalue weighted by Gasteiger charge is -2.10. The summed E-state index contributed by atoms with van der Waals surface area (Å²) in [7, 11) is -7.57. The van der Waals surface area contributed by atoms with E-state index in [4.69, 9.17) is 21.5 Å². The van der Waals surface area contributed by atoms with Crippen LogP contribution >= 0.6 is 11.6 Å². The number of anilines is 1. The third kappa shape index (κ3) is 7.19. The van der Waals surface area contributed by atoms with Crippen LogP contribution in [0.3, 0.4) is 0 Å². The molecule has 4 N–H and O–H groups in total. The number of carbonyl (C=O) groups excluding carboxylic acids is 1. The lowest BCUT2D eigenvalue weighted by Crippen LogP contribution is -2.28. The van der Waals surface area contributed by atoms with Crippen LogP contribution in [0.15, 0.2) is 82.6 Å². The number of rotatable bonds is 9. The van der Waals surface area contributed by atoms with E-state index in [1.807, 2.05) is 0 Å². The van der Waals surface area contributed by atoms with E-state index in [-0.39, 0.29) is 22.9 Å². The Kier molecular flexibility index (Phi) is 7.59. The number of primary sulfonamides is 1. The Labute approximate surface area is 196 Å². The van der Waals surface area contributed by atoms with Gasteiger partial charge < -0.3 is 10.1 Å². The Balaban J connectivity index is 1.50. The number of nitrogens with one attached hydrogen (secondary N) is 2. The molecule has 0 atom stereocenters. The van der Waals surface area contributed by atoms with Gasteiger partial charge in [-0.1, -0.05) is 23.7 Å². The summed E-state index contributed by atoms with van der Waals surface area (Å²) in [4.78, 5) is 12.0. The van der Waals surface area contributed by atoms with Crippen molar-refractivity contribution < 1.29 is 26.4 Å². The van der Waals surface area contributed by atoms with Gasteiger partial charge in [0.15, 0.2) is 6.61 Å². The fourth-order valence-corrected chi connectivity index (χ4v) is 4.34. The molecule has 3 aromatic carbocycles. The van der Waals surface area contributed by atoms with Gasteiger partial charge in [0.05, 0.1) is 9.79 Å². The number of carbonyl (C=O) groups is 1. The lowest BCUT2D eigenvalue weighted by atomic mass is 10.2.